The van der Waals surface area contributed by atoms with Gasteiger partial charge in [-0.3, -0.25) is 4.79 Å². The standard InChI is InChI=1S/C16H16N6O4S/c1-2-26-14(24)9-6-18-16(22-13(9)17)27-7-12(23)19-8-3-4-10-11(5-8)21-15(25)20-10/h3-6H,2,7H2,1H3,(H,19,23)(H2,17,18,22)(H2,20,21,25). The molecule has 0 fully saturated rings. The zero-order valence-corrected chi connectivity index (χ0v) is 15.1. The first-order chi connectivity index (χ1) is 13.0. The number of carbonyl (C=O) groups is 2. The van der Waals surface area contributed by atoms with E-state index < -0.39 is 5.97 Å². The average molecular weight is 388 g/mol. The van der Waals surface area contributed by atoms with Gasteiger partial charge in [0.15, 0.2) is 5.16 Å². The Morgan fingerprint density at radius 1 is 1.30 bits per heavy atom. The SMILES string of the molecule is CCOC(=O)c1cnc(SCC(=O)Nc2ccc3[nH]c(=O)[nH]c3c2)nc1N. The number of carbonyl (C=O) groups excluding carboxylic acids is 2. The number of thioether (sulfide) groups is 1. The Labute approximate surface area is 156 Å². The second-order valence-corrected chi connectivity index (χ2v) is 6.29. The number of rotatable bonds is 6. The summed E-state index contributed by atoms with van der Waals surface area (Å²) in [5.74, 6) is -0.843. The number of nitrogens with zero attached hydrogens (tertiary/aromatic N) is 2. The summed E-state index contributed by atoms with van der Waals surface area (Å²) in [6, 6.07) is 5.02. The molecule has 10 nitrogen and oxygen atoms in total. The predicted molar refractivity (Wildman–Crippen MR) is 101 cm³/mol. The Hall–Kier alpha value is -3.34. The predicted octanol–water partition coefficient (Wildman–Crippen LogP) is 1.14. The summed E-state index contributed by atoms with van der Waals surface area (Å²) in [7, 11) is 0. The highest BCUT2D eigenvalue weighted by molar-refractivity contribution is 7.99. The molecule has 0 bridgehead atoms. The summed E-state index contributed by atoms with van der Waals surface area (Å²) in [6.45, 7) is 1.90. The van der Waals surface area contributed by atoms with Gasteiger partial charge < -0.3 is 25.8 Å². The first-order valence-corrected chi connectivity index (χ1v) is 8.89. The molecular weight excluding hydrogens is 372 g/mol. The van der Waals surface area contributed by atoms with Gasteiger partial charge in [-0.05, 0) is 25.1 Å². The Morgan fingerprint density at radius 2 is 2.07 bits per heavy atom. The molecule has 2 aromatic heterocycles. The molecule has 0 unspecified atom stereocenters. The number of aromatic amines is 2. The van der Waals surface area contributed by atoms with Crippen LogP contribution in [-0.4, -0.2) is 44.2 Å². The maximum Gasteiger partial charge on any atom is 0.343 e. The van der Waals surface area contributed by atoms with Gasteiger partial charge in [-0.25, -0.2) is 19.6 Å². The number of fused-ring (bicyclic) bond motifs is 1. The topological polar surface area (TPSA) is 156 Å². The van der Waals surface area contributed by atoms with Crippen molar-refractivity contribution in [2.24, 2.45) is 0 Å². The second kappa shape index (κ2) is 7.91. The van der Waals surface area contributed by atoms with Gasteiger partial charge in [0.2, 0.25) is 5.91 Å². The smallest absolute Gasteiger partial charge is 0.343 e. The van der Waals surface area contributed by atoms with Gasteiger partial charge in [-0.2, -0.15) is 0 Å². The van der Waals surface area contributed by atoms with Crippen LogP contribution in [0.2, 0.25) is 0 Å². The number of H-pyrrole nitrogens is 2. The Kier molecular flexibility index (Phi) is 5.41. The molecule has 0 aliphatic heterocycles. The molecule has 5 N–H and O–H groups in total. The lowest BCUT2D eigenvalue weighted by molar-refractivity contribution is -0.113. The van der Waals surface area contributed by atoms with E-state index in [9.17, 15) is 14.4 Å². The van der Waals surface area contributed by atoms with Crippen LogP contribution in [0.3, 0.4) is 0 Å². The molecule has 0 saturated heterocycles. The summed E-state index contributed by atoms with van der Waals surface area (Å²) in [4.78, 5) is 48.3. The van der Waals surface area contributed by atoms with Crippen LogP contribution in [0.4, 0.5) is 11.5 Å². The van der Waals surface area contributed by atoms with Crippen molar-refractivity contribution in [1.29, 1.82) is 0 Å². The monoisotopic (exact) mass is 388 g/mol. The fourth-order valence-electron chi connectivity index (χ4n) is 2.25. The van der Waals surface area contributed by atoms with E-state index in [0.29, 0.717) is 16.7 Å². The molecule has 0 spiro atoms. The van der Waals surface area contributed by atoms with Gasteiger partial charge in [0.05, 0.1) is 23.4 Å². The number of amides is 1. The third kappa shape index (κ3) is 4.44. The molecule has 0 saturated carbocycles. The van der Waals surface area contributed by atoms with E-state index >= 15 is 0 Å². The molecule has 3 rings (SSSR count). The number of esters is 1. The van der Waals surface area contributed by atoms with Crippen LogP contribution in [0.5, 0.6) is 0 Å². The summed E-state index contributed by atoms with van der Waals surface area (Å²) < 4.78 is 4.85. The highest BCUT2D eigenvalue weighted by Crippen LogP contribution is 2.18. The number of nitrogen functional groups attached to an aromatic ring is 1. The molecular formula is C16H16N6O4S. The van der Waals surface area contributed by atoms with E-state index in [1.807, 2.05) is 0 Å². The minimum absolute atomic E-state index is 0.00628. The van der Waals surface area contributed by atoms with E-state index in [2.05, 4.69) is 25.3 Å². The quantitative estimate of drug-likeness (QED) is 0.278. The Bertz CT molecular complexity index is 1060. The van der Waals surface area contributed by atoms with Gasteiger partial charge in [-0.1, -0.05) is 11.8 Å². The molecule has 0 aliphatic rings. The summed E-state index contributed by atoms with van der Waals surface area (Å²) in [5, 5.41) is 2.98. The lowest BCUT2D eigenvalue weighted by atomic mass is 10.3. The molecule has 140 valence electrons. The second-order valence-electron chi connectivity index (χ2n) is 5.35. The first kappa shape index (κ1) is 18.5. The number of nitrogens with two attached hydrogens (primary N) is 1. The van der Waals surface area contributed by atoms with Crippen molar-refractivity contribution in [3.05, 3.63) is 40.4 Å². The number of aromatic nitrogens is 4. The normalized spacial score (nSPS) is 10.7. The van der Waals surface area contributed by atoms with Crippen LogP contribution >= 0.6 is 11.8 Å². The third-order valence-corrected chi connectivity index (χ3v) is 4.28. The van der Waals surface area contributed by atoms with Crippen molar-refractivity contribution in [1.82, 2.24) is 19.9 Å². The van der Waals surface area contributed by atoms with E-state index in [4.69, 9.17) is 10.5 Å². The average Bonchev–Trinajstić information content (AvgIpc) is 2.99. The van der Waals surface area contributed by atoms with E-state index in [1.54, 1.807) is 25.1 Å². The molecule has 0 atom stereocenters. The molecule has 2 heterocycles. The molecule has 1 aromatic carbocycles. The molecule has 0 aliphatic carbocycles. The van der Waals surface area contributed by atoms with Crippen molar-refractivity contribution >= 4 is 46.2 Å². The van der Waals surface area contributed by atoms with Crippen LogP contribution in [0.1, 0.15) is 17.3 Å². The summed E-state index contributed by atoms with van der Waals surface area (Å²) >= 11 is 1.07. The fraction of sp³-hybridized carbons (Fsp3) is 0.188. The number of anilines is 2. The van der Waals surface area contributed by atoms with Crippen LogP contribution in [0, 0.1) is 0 Å². The Morgan fingerprint density at radius 3 is 2.81 bits per heavy atom. The number of benzene rings is 1. The highest BCUT2D eigenvalue weighted by Gasteiger charge is 2.14. The molecule has 0 radical (unpaired) electrons. The van der Waals surface area contributed by atoms with Crippen molar-refractivity contribution in [2.45, 2.75) is 12.1 Å². The summed E-state index contributed by atoms with van der Waals surface area (Å²) in [5.41, 5.74) is 7.30. The zero-order chi connectivity index (χ0) is 19.4. The minimum atomic E-state index is -0.595. The number of ether oxygens (including phenoxy) is 1. The lowest BCUT2D eigenvalue weighted by Crippen LogP contribution is -2.15. The minimum Gasteiger partial charge on any atom is -0.462 e. The third-order valence-electron chi connectivity index (χ3n) is 3.42. The van der Waals surface area contributed by atoms with Gasteiger partial charge in [-0.15, -0.1) is 0 Å². The zero-order valence-electron chi connectivity index (χ0n) is 14.2. The van der Waals surface area contributed by atoms with Crippen molar-refractivity contribution in [3.63, 3.8) is 0 Å². The van der Waals surface area contributed by atoms with Crippen LogP contribution in [0.25, 0.3) is 11.0 Å². The Balaban J connectivity index is 1.60. The van der Waals surface area contributed by atoms with Crippen molar-refractivity contribution in [2.75, 3.05) is 23.4 Å². The van der Waals surface area contributed by atoms with Gasteiger partial charge in [0.25, 0.3) is 0 Å². The molecule has 3 aromatic rings. The van der Waals surface area contributed by atoms with E-state index in [0.717, 1.165) is 11.8 Å². The summed E-state index contributed by atoms with van der Waals surface area (Å²) in [6.07, 6.45) is 1.27. The molecule has 11 heteroatoms. The number of hydrogen-bond donors (Lipinski definition) is 4. The fourth-order valence-corrected chi connectivity index (χ4v) is 2.87. The number of hydrogen-bond acceptors (Lipinski definition) is 8. The van der Waals surface area contributed by atoms with Crippen molar-refractivity contribution < 1.29 is 14.3 Å². The van der Waals surface area contributed by atoms with Crippen LogP contribution < -0.4 is 16.7 Å². The highest BCUT2D eigenvalue weighted by atomic mass is 32.2. The number of nitrogens with one attached hydrogen (secondary N) is 3. The van der Waals surface area contributed by atoms with Gasteiger partial charge >= 0.3 is 11.7 Å². The maximum atomic E-state index is 12.1. The van der Waals surface area contributed by atoms with Crippen molar-refractivity contribution in [3.8, 4) is 0 Å². The number of imidazole rings is 1. The largest absolute Gasteiger partial charge is 0.462 e. The van der Waals surface area contributed by atoms with Crippen LogP contribution in [-0.2, 0) is 9.53 Å². The first-order valence-electron chi connectivity index (χ1n) is 7.90. The maximum absolute atomic E-state index is 12.1. The van der Waals surface area contributed by atoms with Gasteiger partial charge in [0, 0.05) is 11.9 Å². The van der Waals surface area contributed by atoms with Crippen LogP contribution in [0.15, 0.2) is 34.3 Å². The lowest BCUT2D eigenvalue weighted by Gasteiger charge is -2.07. The molecule has 1 amide bonds. The van der Waals surface area contributed by atoms with E-state index in [1.165, 1.54) is 6.20 Å². The van der Waals surface area contributed by atoms with Gasteiger partial charge in [0.1, 0.15) is 11.4 Å². The molecule has 27 heavy (non-hydrogen) atoms. The van der Waals surface area contributed by atoms with E-state index in [-0.39, 0.29) is 40.5 Å².